The van der Waals surface area contributed by atoms with Gasteiger partial charge in [-0.3, -0.25) is 0 Å². The Morgan fingerprint density at radius 3 is 2.14 bits per heavy atom. The van der Waals surface area contributed by atoms with Crippen molar-refractivity contribution in [3.05, 3.63) is 65.2 Å². The lowest BCUT2D eigenvalue weighted by Crippen LogP contribution is -2.32. The average molecular weight is 505 g/mol. The van der Waals surface area contributed by atoms with Crippen LogP contribution in [0.25, 0.3) is 11.1 Å². The van der Waals surface area contributed by atoms with Gasteiger partial charge in [-0.1, -0.05) is 24.3 Å². The lowest BCUT2D eigenvalue weighted by Gasteiger charge is -2.37. The molecule has 0 bridgehead atoms. The van der Waals surface area contributed by atoms with E-state index >= 15 is 0 Å². The fourth-order valence-electron chi connectivity index (χ4n) is 5.82. The van der Waals surface area contributed by atoms with Gasteiger partial charge in [0.25, 0.3) is 0 Å². The van der Waals surface area contributed by atoms with Crippen LogP contribution >= 0.6 is 0 Å². The molecule has 1 aliphatic carbocycles. The SMILES string of the molecule is C/C=C/C1CCC(C2CCC(CCc3ccc(-c4ccc(OCC)c(F)c4F)c(F)c3F)OC2)CC1. The van der Waals surface area contributed by atoms with Gasteiger partial charge in [0.15, 0.2) is 23.2 Å². The summed E-state index contributed by atoms with van der Waals surface area (Å²) < 4.78 is 69.7. The molecular weight excluding hydrogens is 468 g/mol. The van der Waals surface area contributed by atoms with Gasteiger partial charge in [-0.25, -0.2) is 13.2 Å². The zero-order valence-corrected chi connectivity index (χ0v) is 21.2. The van der Waals surface area contributed by atoms with Crippen LogP contribution in [0.1, 0.15) is 64.4 Å². The van der Waals surface area contributed by atoms with E-state index in [1.54, 1.807) is 6.92 Å². The molecule has 2 aromatic carbocycles. The van der Waals surface area contributed by atoms with Crippen LogP contribution in [0.4, 0.5) is 17.6 Å². The van der Waals surface area contributed by atoms with Crippen LogP contribution in [0.5, 0.6) is 5.75 Å². The quantitative estimate of drug-likeness (QED) is 0.265. The van der Waals surface area contributed by atoms with Crippen molar-refractivity contribution in [2.24, 2.45) is 17.8 Å². The summed E-state index contributed by atoms with van der Waals surface area (Å²) in [5.74, 6) is -2.89. The van der Waals surface area contributed by atoms with Crippen LogP contribution in [0, 0.1) is 41.0 Å². The molecule has 1 heterocycles. The molecule has 0 spiro atoms. The molecule has 2 aliphatic rings. The van der Waals surface area contributed by atoms with Gasteiger partial charge in [0, 0.05) is 11.1 Å². The maximum absolute atomic E-state index is 14.9. The van der Waals surface area contributed by atoms with E-state index in [2.05, 4.69) is 19.1 Å². The minimum Gasteiger partial charge on any atom is -0.491 e. The maximum Gasteiger partial charge on any atom is 0.201 e. The highest BCUT2D eigenvalue weighted by atomic mass is 19.2. The Morgan fingerprint density at radius 1 is 0.833 bits per heavy atom. The summed E-state index contributed by atoms with van der Waals surface area (Å²) in [7, 11) is 0. The van der Waals surface area contributed by atoms with E-state index in [9.17, 15) is 17.6 Å². The van der Waals surface area contributed by atoms with E-state index in [1.165, 1.54) is 49.9 Å². The maximum atomic E-state index is 14.9. The van der Waals surface area contributed by atoms with Crippen LogP contribution in [0.2, 0.25) is 0 Å². The summed E-state index contributed by atoms with van der Waals surface area (Å²) in [5.41, 5.74) is -0.423. The van der Waals surface area contributed by atoms with Crippen molar-refractivity contribution in [2.45, 2.75) is 71.3 Å². The van der Waals surface area contributed by atoms with Crippen molar-refractivity contribution in [1.82, 2.24) is 0 Å². The minimum atomic E-state index is -1.26. The van der Waals surface area contributed by atoms with Crippen LogP contribution in [0.3, 0.4) is 0 Å². The molecule has 2 nitrogen and oxygen atoms in total. The van der Waals surface area contributed by atoms with Crippen LogP contribution < -0.4 is 4.74 Å². The van der Waals surface area contributed by atoms with Crippen LogP contribution in [-0.2, 0) is 11.2 Å². The molecule has 0 amide bonds. The largest absolute Gasteiger partial charge is 0.491 e. The Kier molecular flexibility index (Phi) is 9.10. The van der Waals surface area contributed by atoms with Gasteiger partial charge in [-0.2, -0.15) is 4.39 Å². The molecule has 2 atom stereocenters. The normalized spacial score (nSPS) is 24.8. The molecule has 2 fully saturated rings. The van der Waals surface area contributed by atoms with Crippen molar-refractivity contribution >= 4 is 0 Å². The molecule has 0 radical (unpaired) electrons. The molecule has 1 saturated heterocycles. The zero-order valence-electron chi connectivity index (χ0n) is 21.2. The molecule has 4 rings (SSSR count). The lowest BCUT2D eigenvalue weighted by molar-refractivity contribution is -0.0409. The van der Waals surface area contributed by atoms with E-state index in [0.717, 1.165) is 31.3 Å². The highest BCUT2D eigenvalue weighted by Gasteiger charge is 2.31. The van der Waals surface area contributed by atoms with E-state index in [-0.39, 0.29) is 35.2 Å². The third-order valence-electron chi connectivity index (χ3n) is 7.89. The predicted octanol–water partition coefficient (Wildman–Crippen LogP) is 8.42. The van der Waals surface area contributed by atoms with Crippen LogP contribution in [-0.4, -0.2) is 19.3 Å². The van der Waals surface area contributed by atoms with Gasteiger partial charge in [0.2, 0.25) is 5.82 Å². The van der Waals surface area contributed by atoms with Crippen molar-refractivity contribution in [1.29, 1.82) is 0 Å². The van der Waals surface area contributed by atoms with Crippen molar-refractivity contribution in [3.8, 4) is 16.9 Å². The third-order valence-corrected chi connectivity index (χ3v) is 7.89. The Labute approximate surface area is 211 Å². The first-order valence-corrected chi connectivity index (χ1v) is 13.2. The summed E-state index contributed by atoms with van der Waals surface area (Å²) in [6.07, 6.45) is 12.5. The summed E-state index contributed by atoms with van der Waals surface area (Å²) in [6, 6.07) is 5.20. The summed E-state index contributed by atoms with van der Waals surface area (Å²) in [6.45, 7) is 4.63. The molecule has 2 unspecified atom stereocenters. The fourth-order valence-corrected chi connectivity index (χ4v) is 5.82. The second-order valence-corrected chi connectivity index (χ2v) is 10.1. The van der Waals surface area contributed by atoms with Gasteiger partial charge in [0.1, 0.15) is 0 Å². The fraction of sp³-hybridized carbons (Fsp3) is 0.533. The molecule has 1 aliphatic heterocycles. The Balaban J connectivity index is 1.33. The summed E-state index contributed by atoms with van der Waals surface area (Å²) in [5, 5.41) is 0. The molecule has 0 N–H and O–H groups in total. The number of ether oxygens (including phenoxy) is 2. The van der Waals surface area contributed by atoms with Gasteiger partial charge in [-0.05, 0) is 101 Å². The highest BCUT2D eigenvalue weighted by molar-refractivity contribution is 5.66. The first kappa shape index (κ1) is 26.7. The number of aryl methyl sites for hydroxylation is 1. The summed E-state index contributed by atoms with van der Waals surface area (Å²) in [4.78, 5) is 0. The number of benzene rings is 2. The van der Waals surface area contributed by atoms with E-state index < -0.39 is 23.3 Å². The molecule has 1 saturated carbocycles. The minimum absolute atomic E-state index is 0.0281. The zero-order chi connectivity index (χ0) is 25.7. The second-order valence-electron chi connectivity index (χ2n) is 10.1. The topological polar surface area (TPSA) is 18.5 Å². The smallest absolute Gasteiger partial charge is 0.201 e. The molecule has 2 aromatic rings. The molecule has 36 heavy (non-hydrogen) atoms. The van der Waals surface area contributed by atoms with E-state index in [0.29, 0.717) is 18.8 Å². The number of allylic oxidation sites excluding steroid dienone is 2. The molecule has 6 heteroatoms. The van der Waals surface area contributed by atoms with Gasteiger partial charge in [0.05, 0.1) is 19.3 Å². The van der Waals surface area contributed by atoms with Gasteiger partial charge >= 0.3 is 0 Å². The molecular formula is C30H36F4O2. The van der Waals surface area contributed by atoms with Crippen molar-refractivity contribution in [2.75, 3.05) is 13.2 Å². The second kappa shape index (κ2) is 12.3. The number of hydrogen-bond donors (Lipinski definition) is 0. The molecule has 0 aromatic heterocycles. The van der Waals surface area contributed by atoms with E-state index in [4.69, 9.17) is 9.47 Å². The number of rotatable bonds is 8. The first-order chi connectivity index (χ1) is 17.4. The lowest BCUT2D eigenvalue weighted by atomic mass is 9.73. The predicted molar refractivity (Wildman–Crippen MR) is 134 cm³/mol. The van der Waals surface area contributed by atoms with Crippen molar-refractivity contribution < 1.29 is 27.0 Å². The van der Waals surface area contributed by atoms with Crippen LogP contribution in [0.15, 0.2) is 36.4 Å². The highest BCUT2D eigenvalue weighted by Crippen LogP contribution is 2.39. The third kappa shape index (κ3) is 5.96. The van der Waals surface area contributed by atoms with Gasteiger partial charge in [-0.15, -0.1) is 0 Å². The van der Waals surface area contributed by atoms with Crippen molar-refractivity contribution in [3.63, 3.8) is 0 Å². The van der Waals surface area contributed by atoms with Gasteiger partial charge < -0.3 is 9.47 Å². The Hall–Kier alpha value is -2.34. The average Bonchev–Trinajstić information content (AvgIpc) is 2.89. The Morgan fingerprint density at radius 2 is 1.50 bits per heavy atom. The Bertz CT molecular complexity index is 1050. The number of hydrogen-bond acceptors (Lipinski definition) is 2. The number of halogens is 4. The molecule has 196 valence electrons. The summed E-state index contributed by atoms with van der Waals surface area (Å²) >= 11 is 0. The van der Waals surface area contributed by atoms with E-state index in [1.807, 2.05) is 0 Å². The first-order valence-electron chi connectivity index (χ1n) is 13.2. The monoisotopic (exact) mass is 504 g/mol. The standard InChI is InChI=1S/C30H36F4O2/c1-3-5-19-6-8-20(9-7-19)22-11-14-23(36-18-22)13-10-21-12-15-24(28(32)27(21)31)25-16-17-26(35-4-2)30(34)29(25)33/h3,5,12,15-17,19-20,22-23H,4,6-11,13-14,18H2,1-2H3/b5-3+.